The molecule has 114 valence electrons. The first-order chi connectivity index (χ1) is 9.92. The van der Waals surface area contributed by atoms with Gasteiger partial charge in [-0.25, -0.2) is 12.8 Å². The predicted molar refractivity (Wildman–Crippen MR) is 78.4 cm³/mol. The van der Waals surface area contributed by atoms with Crippen molar-refractivity contribution in [1.29, 1.82) is 0 Å². The lowest BCUT2D eigenvalue weighted by atomic mass is 10.3. The van der Waals surface area contributed by atoms with Crippen molar-refractivity contribution in [2.45, 2.75) is 11.4 Å². The molecule has 0 aliphatic heterocycles. The molecule has 1 aromatic carbocycles. The number of nitrogens with zero attached hydrogens (tertiary/aromatic N) is 2. The van der Waals surface area contributed by atoms with E-state index in [0.29, 0.717) is 13.1 Å². The van der Waals surface area contributed by atoms with Gasteiger partial charge in [-0.05, 0) is 25.2 Å². The predicted octanol–water partition coefficient (Wildman–Crippen LogP) is 1.70. The molecule has 0 spiro atoms. The summed E-state index contributed by atoms with van der Waals surface area (Å²) in [6.07, 6.45) is 2.59. The standard InChI is InChI=1S/C12H14ClFN4O2S/c1-15-4-5-18-8-10(7-16-18)21(19,20)17-12-6-9(13)2-3-11(12)14/h2-3,6-8,15,17H,4-5H2,1H3. The average molecular weight is 333 g/mol. The van der Waals surface area contributed by atoms with Crippen LogP contribution in [0.15, 0.2) is 35.5 Å². The first-order valence-electron chi connectivity index (χ1n) is 6.07. The quantitative estimate of drug-likeness (QED) is 0.844. The normalized spacial score (nSPS) is 11.6. The van der Waals surface area contributed by atoms with Crippen LogP contribution in [0.2, 0.25) is 5.02 Å². The fourth-order valence-electron chi connectivity index (χ4n) is 1.61. The maximum atomic E-state index is 13.6. The van der Waals surface area contributed by atoms with Crippen molar-refractivity contribution >= 4 is 27.3 Å². The second kappa shape index (κ2) is 6.42. The molecule has 2 N–H and O–H groups in total. The molecule has 1 aromatic heterocycles. The SMILES string of the molecule is CNCCn1cc(S(=O)(=O)Nc2cc(Cl)ccc2F)cn1. The fourth-order valence-corrected chi connectivity index (χ4v) is 2.79. The van der Waals surface area contributed by atoms with Crippen molar-refractivity contribution in [2.24, 2.45) is 0 Å². The summed E-state index contributed by atoms with van der Waals surface area (Å²) in [4.78, 5) is -0.0435. The number of halogens is 2. The number of anilines is 1. The zero-order chi connectivity index (χ0) is 15.5. The minimum atomic E-state index is -3.91. The van der Waals surface area contributed by atoms with Gasteiger partial charge >= 0.3 is 0 Å². The van der Waals surface area contributed by atoms with Gasteiger partial charge in [-0.2, -0.15) is 5.10 Å². The summed E-state index contributed by atoms with van der Waals surface area (Å²) in [7, 11) is -2.13. The first kappa shape index (κ1) is 15.7. The minimum absolute atomic E-state index is 0.0435. The summed E-state index contributed by atoms with van der Waals surface area (Å²) in [6, 6.07) is 3.64. The van der Waals surface area contributed by atoms with Crippen LogP contribution >= 0.6 is 11.6 Å². The molecule has 0 saturated heterocycles. The summed E-state index contributed by atoms with van der Waals surface area (Å²) in [6.45, 7) is 1.18. The average Bonchev–Trinajstić information content (AvgIpc) is 2.90. The number of benzene rings is 1. The van der Waals surface area contributed by atoms with Crippen LogP contribution in [-0.2, 0) is 16.6 Å². The molecule has 0 bridgehead atoms. The Hall–Kier alpha value is -1.64. The van der Waals surface area contributed by atoms with Gasteiger partial charge in [0.15, 0.2) is 0 Å². The number of nitrogens with one attached hydrogen (secondary N) is 2. The maximum absolute atomic E-state index is 13.6. The lowest BCUT2D eigenvalue weighted by Gasteiger charge is -2.07. The van der Waals surface area contributed by atoms with Gasteiger partial charge in [0.2, 0.25) is 0 Å². The highest BCUT2D eigenvalue weighted by molar-refractivity contribution is 7.92. The Kier molecular flexibility index (Phi) is 4.81. The summed E-state index contributed by atoms with van der Waals surface area (Å²) < 4.78 is 41.5. The van der Waals surface area contributed by atoms with Gasteiger partial charge in [-0.3, -0.25) is 9.40 Å². The Bertz CT molecular complexity index is 733. The van der Waals surface area contributed by atoms with E-state index in [1.165, 1.54) is 29.2 Å². The molecular weight excluding hydrogens is 319 g/mol. The van der Waals surface area contributed by atoms with Gasteiger partial charge < -0.3 is 5.32 Å². The summed E-state index contributed by atoms with van der Waals surface area (Å²) in [5, 5.41) is 7.10. The molecule has 0 amide bonds. The number of likely N-dealkylation sites (N-methyl/N-ethyl adjacent to an activating group) is 1. The van der Waals surface area contributed by atoms with Crippen molar-refractivity contribution in [3.8, 4) is 0 Å². The molecule has 2 rings (SSSR count). The van der Waals surface area contributed by atoms with Gasteiger partial charge in [-0.1, -0.05) is 11.6 Å². The molecule has 0 saturated carbocycles. The molecule has 6 nitrogen and oxygen atoms in total. The fraction of sp³-hybridized carbons (Fsp3) is 0.250. The van der Waals surface area contributed by atoms with Crippen molar-refractivity contribution < 1.29 is 12.8 Å². The van der Waals surface area contributed by atoms with Gasteiger partial charge in [0.25, 0.3) is 10.0 Å². The van der Waals surface area contributed by atoms with E-state index in [1.807, 2.05) is 0 Å². The van der Waals surface area contributed by atoms with E-state index in [9.17, 15) is 12.8 Å². The third-order valence-corrected chi connectivity index (χ3v) is 4.24. The molecule has 9 heteroatoms. The zero-order valence-electron chi connectivity index (χ0n) is 11.2. The highest BCUT2D eigenvalue weighted by Gasteiger charge is 2.18. The minimum Gasteiger partial charge on any atom is -0.318 e. The van der Waals surface area contributed by atoms with E-state index in [1.54, 1.807) is 7.05 Å². The van der Waals surface area contributed by atoms with Crippen LogP contribution in [0.3, 0.4) is 0 Å². The molecule has 21 heavy (non-hydrogen) atoms. The van der Waals surface area contributed by atoms with Crippen LogP contribution in [-0.4, -0.2) is 31.8 Å². The van der Waals surface area contributed by atoms with E-state index in [4.69, 9.17) is 11.6 Å². The lowest BCUT2D eigenvalue weighted by molar-refractivity contribution is 0.582. The molecule has 2 aromatic rings. The molecule has 0 aliphatic carbocycles. The largest absolute Gasteiger partial charge is 0.318 e. The van der Waals surface area contributed by atoms with Gasteiger partial charge in [0, 0.05) is 17.8 Å². The Morgan fingerprint density at radius 3 is 2.90 bits per heavy atom. The summed E-state index contributed by atoms with van der Waals surface area (Å²) in [5.74, 6) is -0.703. The van der Waals surface area contributed by atoms with Gasteiger partial charge in [0.1, 0.15) is 10.7 Å². The Morgan fingerprint density at radius 2 is 2.19 bits per heavy atom. The second-order valence-corrected chi connectivity index (χ2v) is 6.39. The van der Waals surface area contributed by atoms with E-state index in [-0.39, 0.29) is 15.6 Å². The number of aromatic nitrogens is 2. The Balaban J connectivity index is 2.22. The topological polar surface area (TPSA) is 76.0 Å². The van der Waals surface area contributed by atoms with Crippen molar-refractivity contribution in [2.75, 3.05) is 18.3 Å². The molecule has 0 radical (unpaired) electrons. The Morgan fingerprint density at radius 1 is 1.43 bits per heavy atom. The van der Waals surface area contributed by atoms with Crippen LogP contribution in [0.25, 0.3) is 0 Å². The number of rotatable bonds is 6. The van der Waals surface area contributed by atoms with Gasteiger partial charge in [-0.15, -0.1) is 0 Å². The monoisotopic (exact) mass is 332 g/mol. The van der Waals surface area contributed by atoms with E-state index in [0.717, 1.165) is 6.07 Å². The number of hydrogen-bond acceptors (Lipinski definition) is 4. The lowest BCUT2D eigenvalue weighted by Crippen LogP contribution is -2.15. The molecule has 1 heterocycles. The van der Waals surface area contributed by atoms with Crippen LogP contribution < -0.4 is 10.0 Å². The van der Waals surface area contributed by atoms with E-state index >= 15 is 0 Å². The van der Waals surface area contributed by atoms with E-state index in [2.05, 4.69) is 15.1 Å². The maximum Gasteiger partial charge on any atom is 0.265 e. The van der Waals surface area contributed by atoms with Crippen molar-refractivity contribution in [3.63, 3.8) is 0 Å². The second-order valence-electron chi connectivity index (χ2n) is 4.27. The molecule has 0 atom stereocenters. The van der Waals surface area contributed by atoms with Crippen LogP contribution in [0.5, 0.6) is 0 Å². The van der Waals surface area contributed by atoms with Gasteiger partial charge in [0.05, 0.1) is 18.4 Å². The van der Waals surface area contributed by atoms with Crippen LogP contribution in [0.4, 0.5) is 10.1 Å². The number of sulfonamides is 1. The summed E-state index contributed by atoms with van der Waals surface area (Å²) >= 11 is 5.73. The van der Waals surface area contributed by atoms with Crippen LogP contribution in [0, 0.1) is 5.82 Å². The molecule has 0 aliphatic rings. The molecule has 0 unspecified atom stereocenters. The van der Waals surface area contributed by atoms with Crippen LogP contribution in [0.1, 0.15) is 0 Å². The zero-order valence-corrected chi connectivity index (χ0v) is 12.7. The summed E-state index contributed by atoms with van der Waals surface area (Å²) in [5.41, 5.74) is -0.203. The smallest absolute Gasteiger partial charge is 0.265 e. The van der Waals surface area contributed by atoms with Crippen molar-refractivity contribution in [3.05, 3.63) is 41.4 Å². The third-order valence-electron chi connectivity index (χ3n) is 2.68. The molecular formula is C12H14ClFN4O2S. The highest BCUT2D eigenvalue weighted by atomic mass is 35.5. The van der Waals surface area contributed by atoms with Crippen molar-refractivity contribution in [1.82, 2.24) is 15.1 Å². The number of hydrogen-bond donors (Lipinski definition) is 2. The Labute approximate surface area is 127 Å². The molecule has 0 fully saturated rings. The van der Waals surface area contributed by atoms with E-state index < -0.39 is 15.8 Å². The third kappa shape index (κ3) is 3.93. The highest BCUT2D eigenvalue weighted by Crippen LogP contribution is 2.22. The first-order valence-corrected chi connectivity index (χ1v) is 7.93.